The molecule has 2 aromatic rings. The van der Waals surface area contributed by atoms with E-state index in [0.717, 1.165) is 0 Å². The molecule has 0 spiro atoms. The van der Waals surface area contributed by atoms with Crippen molar-refractivity contribution in [3.05, 3.63) is 53.6 Å². The third kappa shape index (κ3) is 3.58. The average molecular weight is 300 g/mol. The monoisotopic (exact) mass is 300 g/mol. The zero-order valence-corrected chi connectivity index (χ0v) is 12.2. The van der Waals surface area contributed by atoms with E-state index < -0.39 is 0 Å². The van der Waals surface area contributed by atoms with Crippen molar-refractivity contribution in [2.45, 2.75) is 0 Å². The minimum atomic E-state index is -0.287. The Balaban J connectivity index is 2.21. The summed E-state index contributed by atoms with van der Waals surface area (Å²) in [6, 6.07) is 9.13. The summed E-state index contributed by atoms with van der Waals surface area (Å²) in [5.74, 6) is 0.430. The molecule has 0 saturated heterocycles. The highest BCUT2D eigenvalue weighted by Gasteiger charge is 2.07. The lowest BCUT2D eigenvalue weighted by Gasteiger charge is -2.04. The van der Waals surface area contributed by atoms with E-state index >= 15 is 0 Å². The Bertz CT molecular complexity index is 719. The van der Waals surface area contributed by atoms with Crippen molar-refractivity contribution in [1.82, 2.24) is 0 Å². The van der Waals surface area contributed by atoms with Crippen molar-refractivity contribution in [2.24, 2.45) is 0 Å². The molecule has 0 bridgehead atoms. The zero-order chi connectivity index (χ0) is 16.1. The van der Waals surface area contributed by atoms with Crippen LogP contribution in [0, 0.1) is 0 Å². The number of allylic oxidation sites excluding steroid dienone is 1. The highest BCUT2D eigenvalue weighted by atomic mass is 16.5. The van der Waals surface area contributed by atoms with Crippen LogP contribution in [0.5, 0.6) is 23.0 Å². The molecule has 0 atom stereocenters. The summed E-state index contributed by atoms with van der Waals surface area (Å²) in [6.45, 7) is 0. The zero-order valence-electron chi connectivity index (χ0n) is 12.2. The predicted octanol–water partition coefficient (Wildman–Crippen LogP) is 3.01. The Morgan fingerprint density at radius 2 is 1.82 bits per heavy atom. The van der Waals surface area contributed by atoms with Crippen LogP contribution < -0.4 is 9.47 Å². The van der Waals surface area contributed by atoms with Gasteiger partial charge in [0.1, 0.15) is 11.5 Å². The molecule has 5 nitrogen and oxygen atoms in total. The number of ketones is 1. The Hall–Kier alpha value is -2.95. The molecule has 0 aliphatic rings. The molecule has 2 rings (SSSR count). The van der Waals surface area contributed by atoms with Gasteiger partial charge in [-0.25, -0.2) is 0 Å². The number of methoxy groups -OCH3 is 2. The van der Waals surface area contributed by atoms with Crippen molar-refractivity contribution in [1.29, 1.82) is 0 Å². The van der Waals surface area contributed by atoms with E-state index in [1.54, 1.807) is 18.2 Å². The fraction of sp³-hybridized carbons (Fsp3) is 0.118. The lowest BCUT2D eigenvalue weighted by Crippen LogP contribution is -1.95. The number of aromatic hydroxyl groups is 2. The summed E-state index contributed by atoms with van der Waals surface area (Å²) in [5, 5.41) is 19.2. The standard InChI is InChI=1S/C17H16O5/c1-21-14-9-12(8-13(18)10-14)15(19)5-3-11-4-6-17(22-2)16(20)7-11/h3-10,18,20H,1-2H3/b5-3+. The summed E-state index contributed by atoms with van der Waals surface area (Å²) in [7, 11) is 2.92. The van der Waals surface area contributed by atoms with Crippen molar-refractivity contribution in [3.63, 3.8) is 0 Å². The van der Waals surface area contributed by atoms with Gasteiger partial charge in [-0.3, -0.25) is 4.79 Å². The van der Waals surface area contributed by atoms with Crippen molar-refractivity contribution in [3.8, 4) is 23.0 Å². The van der Waals surface area contributed by atoms with E-state index in [1.807, 2.05) is 0 Å². The predicted molar refractivity (Wildman–Crippen MR) is 82.7 cm³/mol. The fourth-order valence-electron chi connectivity index (χ4n) is 1.92. The number of hydrogen-bond acceptors (Lipinski definition) is 5. The molecular formula is C17H16O5. The molecule has 0 aromatic heterocycles. The molecule has 0 fully saturated rings. The smallest absolute Gasteiger partial charge is 0.186 e. The van der Waals surface area contributed by atoms with E-state index in [1.165, 1.54) is 44.6 Å². The van der Waals surface area contributed by atoms with Crippen LogP contribution >= 0.6 is 0 Å². The number of phenolic OH excluding ortho intramolecular Hbond substituents is 2. The molecule has 5 heteroatoms. The molecule has 22 heavy (non-hydrogen) atoms. The molecule has 0 aliphatic heterocycles. The number of hydrogen-bond donors (Lipinski definition) is 2. The van der Waals surface area contributed by atoms with Gasteiger partial charge < -0.3 is 19.7 Å². The topological polar surface area (TPSA) is 76.0 Å². The minimum Gasteiger partial charge on any atom is -0.508 e. The Kier molecular flexibility index (Phi) is 4.68. The number of benzene rings is 2. The Morgan fingerprint density at radius 1 is 1.05 bits per heavy atom. The van der Waals surface area contributed by atoms with Gasteiger partial charge in [0, 0.05) is 11.6 Å². The molecule has 0 amide bonds. The maximum absolute atomic E-state index is 12.1. The number of phenols is 2. The molecule has 0 heterocycles. The summed E-state index contributed by atoms with van der Waals surface area (Å²) in [5.41, 5.74) is 0.963. The van der Waals surface area contributed by atoms with Gasteiger partial charge in [0.25, 0.3) is 0 Å². The van der Waals surface area contributed by atoms with Gasteiger partial charge in [-0.1, -0.05) is 12.1 Å². The summed E-state index contributed by atoms with van der Waals surface area (Å²) < 4.78 is 9.96. The first-order valence-corrected chi connectivity index (χ1v) is 6.51. The van der Waals surface area contributed by atoms with E-state index in [9.17, 15) is 15.0 Å². The highest BCUT2D eigenvalue weighted by Crippen LogP contribution is 2.27. The first-order valence-electron chi connectivity index (χ1n) is 6.51. The Morgan fingerprint density at radius 3 is 2.45 bits per heavy atom. The van der Waals surface area contributed by atoms with Crippen LogP contribution in [0.1, 0.15) is 15.9 Å². The van der Waals surface area contributed by atoms with Crippen molar-refractivity contribution >= 4 is 11.9 Å². The largest absolute Gasteiger partial charge is 0.508 e. The van der Waals surface area contributed by atoms with Gasteiger partial charge in [0.15, 0.2) is 17.3 Å². The van der Waals surface area contributed by atoms with E-state index in [2.05, 4.69) is 0 Å². The van der Waals surface area contributed by atoms with Gasteiger partial charge >= 0.3 is 0 Å². The van der Waals surface area contributed by atoms with Gasteiger partial charge in [0.05, 0.1) is 14.2 Å². The molecule has 2 N–H and O–H groups in total. The van der Waals surface area contributed by atoms with Crippen LogP contribution in [0.2, 0.25) is 0 Å². The number of ether oxygens (including phenoxy) is 2. The SMILES string of the molecule is COc1cc(O)cc(C(=O)/C=C/c2ccc(OC)c(O)c2)c1. The second-order valence-corrected chi connectivity index (χ2v) is 4.55. The Labute approximate surface area is 128 Å². The summed E-state index contributed by atoms with van der Waals surface area (Å²) in [6.07, 6.45) is 2.92. The van der Waals surface area contributed by atoms with Gasteiger partial charge in [0.2, 0.25) is 0 Å². The lowest BCUT2D eigenvalue weighted by atomic mass is 10.1. The maximum Gasteiger partial charge on any atom is 0.186 e. The minimum absolute atomic E-state index is 0.00359. The third-order valence-corrected chi connectivity index (χ3v) is 3.04. The maximum atomic E-state index is 12.1. The summed E-state index contributed by atoms with van der Waals surface area (Å²) >= 11 is 0. The van der Waals surface area contributed by atoms with Crippen molar-refractivity contribution in [2.75, 3.05) is 14.2 Å². The fourth-order valence-corrected chi connectivity index (χ4v) is 1.92. The quantitative estimate of drug-likeness (QED) is 0.655. The van der Waals surface area contributed by atoms with Crippen LogP contribution in [0.4, 0.5) is 0 Å². The van der Waals surface area contributed by atoms with Crippen LogP contribution in [0.3, 0.4) is 0 Å². The molecule has 0 aliphatic carbocycles. The van der Waals surface area contributed by atoms with Crippen LogP contribution in [-0.2, 0) is 0 Å². The van der Waals surface area contributed by atoms with E-state index in [0.29, 0.717) is 22.6 Å². The second-order valence-electron chi connectivity index (χ2n) is 4.55. The molecular weight excluding hydrogens is 284 g/mol. The molecule has 0 unspecified atom stereocenters. The normalized spacial score (nSPS) is 10.6. The van der Waals surface area contributed by atoms with Gasteiger partial charge in [-0.05, 0) is 35.9 Å². The number of carbonyl (C=O) groups excluding carboxylic acids is 1. The first kappa shape index (κ1) is 15.4. The number of carbonyl (C=O) groups is 1. The summed E-state index contributed by atoms with van der Waals surface area (Å²) in [4.78, 5) is 12.1. The van der Waals surface area contributed by atoms with Gasteiger partial charge in [-0.15, -0.1) is 0 Å². The van der Waals surface area contributed by atoms with Crippen LogP contribution in [0.25, 0.3) is 6.08 Å². The lowest BCUT2D eigenvalue weighted by molar-refractivity contribution is 0.104. The molecule has 2 aromatic carbocycles. The van der Waals surface area contributed by atoms with Crippen molar-refractivity contribution < 1.29 is 24.5 Å². The third-order valence-electron chi connectivity index (χ3n) is 3.04. The number of rotatable bonds is 5. The molecule has 0 radical (unpaired) electrons. The van der Waals surface area contributed by atoms with Gasteiger partial charge in [-0.2, -0.15) is 0 Å². The molecule has 114 valence electrons. The van der Waals surface area contributed by atoms with Crippen LogP contribution in [0.15, 0.2) is 42.5 Å². The average Bonchev–Trinajstić information content (AvgIpc) is 2.52. The van der Waals surface area contributed by atoms with E-state index in [4.69, 9.17) is 9.47 Å². The van der Waals surface area contributed by atoms with Crippen LogP contribution in [-0.4, -0.2) is 30.2 Å². The molecule has 0 saturated carbocycles. The highest BCUT2D eigenvalue weighted by molar-refractivity contribution is 6.07. The second kappa shape index (κ2) is 6.67. The van der Waals surface area contributed by atoms with E-state index in [-0.39, 0.29) is 17.3 Å². The first-order chi connectivity index (χ1) is 10.5.